The Kier molecular flexibility index (Phi) is 4.52. The number of hydrogen-bond acceptors (Lipinski definition) is 4. The molecule has 2 aliphatic heterocycles. The molecule has 0 spiro atoms. The maximum absolute atomic E-state index is 11.5. The second-order valence-electron chi connectivity index (χ2n) is 7.23. The zero-order valence-electron chi connectivity index (χ0n) is 13.0. The summed E-state index contributed by atoms with van der Waals surface area (Å²) >= 11 is 0. The highest BCUT2D eigenvalue weighted by molar-refractivity contribution is 5.78. The summed E-state index contributed by atoms with van der Waals surface area (Å²) in [6.07, 6.45) is 8.33. The van der Waals surface area contributed by atoms with Crippen molar-refractivity contribution in [3.8, 4) is 0 Å². The average Bonchev–Trinajstić information content (AvgIpc) is 3.18. The molecule has 2 heterocycles. The lowest BCUT2D eigenvalue weighted by molar-refractivity contribution is -0.144. The Hall–Kier alpha value is -0.650. The Labute approximate surface area is 127 Å². The van der Waals surface area contributed by atoms with E-state index < -0.39 is 11.5 Å². The second-order valence-corrected chi connectivity index (χ2v) is 7.23. The molecule has 3 unspecified atom stereocenters. The molecule has 3 atom stereocenters. The first-order valence-corrected chi connectivity index (χ1v) is 8.44. The molecule has 5 nitrogen and oxygen atoms in total. The molecule has 120 valence electrons. The highest BCUT2D eigenvalue weighted by Crippen LogP contribution is 2.27. The molecule has 1 saturated carbocycles. The fourth-order valence-corrected chi connectivity index (χ4v) is 3.61. The third-order valence-corrected chi connectivity index (χ3v) is 5.09. The first-order chi connectivity index (χ1) is 10.0. The van der Waals surface area contributed by atoms with Crippen molar-refractivity contribution in [2.75, 3.05) is 19.6 Å². The van der Waals surface area contributed by atoms with Gasteiger partial charge in [0.1, 0.15) is 5.54 Å². The normalized spacial score (nSPS) is 32.0. The van der Waals surface area contributed by atoms with Crippen LogP contribution in [-0.2, 0) is 9.53 Å². The van der Waals surface area contributed by atoms with Crippen LogP contribution in [0, 0.1) is 0 Å². The number of unbranched alkanes of at least 4 members (excludes halogenated alkanes) is 1. The summed E-state index contributed by atoms with van der Waals surface area (Å²) in [5.41, 5.74) is -0.745. The van der Waals surface area contributed by atoms with Crippen molar-refractivity contribution in [2.24, 2.45) is 0 Å². The zero-order valence-corrected chi connectivity index (χ0v) is 13.0. The van der Waals surface area contributed by atoms with Crippen LogP contribution in [0.4, 0.5) is 0 Å². The maximum atomic E-state index is 11.5. The predicted octanol–water partition coefficient (Wildman–Crippen LogP) is 1.62. The molecule has 3 fully saturated rings. The van der Waals surface area contributed by atoms with Crippen LogP contribution in [-0.4, -0.2) is 59.4 Å². The first-order valence-electron chi connectivity index (χ1n) is 8.44. The van der Waals surface area contributed by atoms with Crippen LogP contribution < -0.4 is 5.32 Å². The van der Waals surface area contributed by atoms with Crippen molar-refractivity contribution >= 4 is 5.97 Å². The maximum Gasteiger partial charge on any atom is 0.323 e. The molecule has 3 aliphatic rings. The largest absolute Gasteiger partial charge is 0.480 e. The highest BCUT2D eigenvalue weighted by Gasteiger charge is 2.38. The number of nitrogens with one attached hydrogen (secondary N) is 1. The number of carbonyl (C=O) groups is 1. The summed E-state index contributed by atoms with van der Waals surface area (Å²) in [5.74, 6) is -0.709. The minimum atomic E-state index is -0.745. The molecule has 2 saturated heterocycles. The van der Waals surface area contributed by atoms with E-state index in [0.29, 0.717) is 18.2 Å². The van der Waals surface area contributed by atoms with Crippen LogP contribution in [0.2, 0.25) is 0 Å². The van der Waals surface area contributed by atoms with Crippen LogP contribution in [0.15, 0.2) is 0 Å². The van der Waals surface area contributed by atoms with Gasteiger partial charge in [0.05, 0.1) is 12.2 Å². The van der Waals surface area contributed by atoms with Crippen LogP contribution >= 0.6 is 0 Å². The quantitative estimate of drug-likeness (QED) is 0.666. The summed E-state index contributed by atoms with van der Waals surface area (Å²) < 4.78 is 5.84. The van der Waals surface area contributed by atoms with Crippen molar-refractivity contribution in [2.45, 2.75) is 75.7 Å². The third-order valence-electron chi connectivity index (χ3n) is 5.09. The fraction of sp³-hybridized carbons (Fsp3) is 0.938. The average molecular weight is 296 g/mol. The minimum Gasteiger partial charge on any atom is -0.480 e. The van der Waals surface area contributed by atoms with Crippen LogP contribution in [0.3, 0.4) is 0 Å². The lowest BCUT2D eigenvalue weighted by Gasteiger charge is -2.32. The lowest BCUT2D eigenvalue weighted by Crippen LogP contribution is -2.50. The standard InChI is InChI=1S/C16H28N2O3/c1-16(15(19)20,17-12-4-5-12)8-2-3-9-18-10-13-6-7-14(11-18)21-13/h12-14,17H,2-11H2,1H3,(H,19,20). The van der Waals surface area contributed by atoms with Crippen LogP contribution in [0.5, 0.6) is 0 Å². The van der Waals surface area contributed by atoms with Gasteiger partial charge in [-0.3, -0.25) is 15.0 Å². The molecule has 0 amide bonds. The monoisotopic (exact) mass is 296 g/mol. The van der Waals surface area contributed by atoms with Gasteiger partial charge in [-0.05, 0) is 58.4 Å². The minimum absolute atomic E-state index is 0.431. The number of nitrogens with zero attached hydrogens (tertiary/aromatic N) is 1. The Balaban J connectivity index is 1.37. The molecule has 2 bridgehead atoms. The molecule has 21 heavy (non-hydrogen) atoms. The molecular weight excluding hydrogens is 268 g/mol. The van der Waals surface area contributed by atoms with E-state index in [0.717, 1.165) is 51.7 Å². The molecule has 5 heteroatoms. The predicted molar refractivity (Wildman–Crippen MR) is 80.4 cm³/mol. The number of carboxylic acid groups (broad SMARTS) is 1. The Morgan fingerprint density at radius 3 is 2.48 bits per heavy atom. The van der Waals surface area contributed by atoms with E-state index in [1.807, 2.05) is 6.92 Å². The van der Waals surface area contributed by atoms with E-state index in [9.17, 15) is 9.90 Å². The van der Waals surface area contributed by atoms with Gasteiger partial charge in [0, 0.05) is 19.1 Å². The molecule has 0 aromatic heterocycles. The number of aliphatic carboxylic acids is 1. The number of hydrogen-bond donors (Lipinski definition) is 2. The smallest absolute Gasteiger partial charge is 0.323 e. The van der Waals surface area contributed by atoms with Gasteiger partial charge in [-0.2, -0.15) is 0 Å². The zero-order chi connectivity index (χ0) is 14.9. The topological polar surface area (TPSA) is 61.8 Å². The molecule has 0 aromatic rings. The van der Waals surface area contributed by atoms with Crippen LogP contribution in [0.1, 0.15) is 51.9 Å². The summed E-state index contributed by atoms with van der Waals surface area (Å²) in [6, 6.07) is 0.431. The van der Waals surface area contributed by atoms with Gasteiger partial charge in [0.25, 0.3) is 0 Å². The number of carboxylic acids is 1. The number of rotatable bonds is 8. The van der Waals surface area contributed by atoms with Crippen molar-refractivity contribution in [1.29, 1.82) is 0 Å². The van der Waals surface area contributed by atoms with Crippen molar-refractivity contribution in [1.82, 2.24) is 10.2 Å². The molecule has 0 radical (unpaired) electrons. The summed E-state index contributed by atoms with van der Waals surface area (Å²) in [4.78, 5) is 14.0. The summed E-state index contributed by atoms with van der Waals surface area (Å²) in [7, 11) is 0. The fourth-order valence-electron chi connectivity index (χ4n) is 3.61. The van der Waals surface area contributed by atoms with Crippen molar-refractivity contribution < 1.29 is 14.6 Å². The Morgan fingerprint density at radius 2 is 1.90 bits per heavy atom. The van der Waals surface area contributed by atoms with Crippen molar-refractivity contribution in [3.05, 3.63) is 0 Å². The highest BCUT2D eigenvalue weighted by atomic mass is 16.5. The number of fused-ring (bicyclic) bond motifs is 2. The SMILES string of the molecule is CC(CCCCN1CC2CCC(C1)O2)(NC1CC1)C(=O)O. The number of likely N-dealkylation sites (tertiary alicyclic amines) is 1. The van der Waals surface area contributed by atoms with E-state index in [4.69, 9.17) is 4.74 Å². The van der Waals surface area contributed by atoms with Gasteiger partial charge in [-0.25, -0.2) is 0 Å². The van der Waals surface area contributed by atoms with Gasteiger partial charge in [0.2, 0.25) is 0 Å². The van der Waals surface area contributed by atoms with Gasteiger partial charge in [-0.1, -0.05) is 0 Å². The van der Waals surface area contributed by atoms with Gasteiger partial charge >= 0.3 is 5.97 Å². The second kappa shape index (κ2) is 6.23. The first kappa shape index (κ1) is 15.3. The Morgan fingerprint density at radius 1 is 1.24 bits per heavy atom. The summed E-state index contributed by atoms with van der Waals surface area (Å²) in [6.45, 7) is 5.04. The molecule has 3 rings (SSSR count). The number of ether oxygens (including phenoxy) is 1. The van der Waals surface area contributed by atoms with Gasteiger partial charge in [0.15, 0.2) is 0 Å². The summed E-state index contributed by atoms with van der Waals surface area (Å²) in [5, 5.41) is 12.7. The van der Waals surface area contributed by atoms with Crippen LogP contribution in [0.25, 0.3) is 0 Å². The van der Waals surface area contributed by atoms with E-state index in [2.05, 4.69) is 10.2 Å². The van der Waals surface area contributed by atoms with Gasteiger partial charge < -0.3 is 9.84 Å². The Bertz CT molecular complexity index is 374. The molecular formula is C16H28N2O3. The van der Waals surface area contributed by atoms with E-state index in [1.54, 1.807) is 0 Å². The van der Waals surface area contributed by atoms with Gasteiger partial charge in [-0.15, -0.1) is 0 Å². The number of morpholine rings is 1. The molecule has 0 aromatic carbocycles. The van der Waals surface area contributed by atoms with E-state index >= 15 is 0 Å². The molecule has 2 N–H and O–H groups in total. The lowest BCUT2D eigenvalue weighted by atomic mass is 9.94. The molecule has 1 aliphatic carbocycles. The van der Waals surface area contributed by atoms with E-state index in [-0.39, 0.29) is 0 Å². The van der Waals surface area contributed by atoms with Crippen molar-refractivity contribution in [3.63, 3.8) is 0 Å². The van der Waals surface area contributed by atoms with E-state index in [1.165, 1.54) is 12.8 Å². The third kappa shape index (κ3) is 3.96.